The third-order valence-electron chi connectivity index (χ3n) is 3.86. The molecular formula is C23H35NO3. The van der Waals surface area contributed by atoms with Crippen molar-refractivity contribution in [2.24, 2.45) is 0 Å². The van der Waals surface area contributed by atoms with Gasteiger partial charge in [-0.05, 0) is 19.8 Å². The van der Waals surface area contributed by atoms with Gasteiger partial charge < -0.3 is 10.4 Å². The lowest BCUT2D eigenvalue weighted by Crippen LogP contribution is -2.37. The Balaban J connectivity index is 3.74. The van der Waals surface area contributed by atoms with E-state index in [0.717, 1.165) is 6.42 Å². The average Bonchev–Trinajstić information content (AvgIpc) is 2.64. The normalized spacial score (nSPS) is 13.6. The van der Waals surface area contributed by atoms with Gasteiger partial charge >= 0.3 is 5.97 Å². The number of hydrogen-bond acceptors (Lipinski definition) is 2. The molecule has 0 aromatic heterocycles. The van der Waals surface area contributed by atoms with Gasteiger partial charge in [-0.2, -0.15) is 0 Å². The lowest BCUT2D eigenvalue weighted by molar-refractivity contribution is -0.140. The zero-order chi connectivity index (χ0) is 20.2. The summed E-state index contributed by atoms with van der Waals surface area (Å²) in [6, 6.07) is -0.894. The predicted molar refractivity (Wildman–Crippen MR) is 114 cm³/mol. The van der Waals surface area contributed by atoms with Gasteiger partial charge in [0.15, 0.2) is 0 Å². The monoisotopic (exact) mass is 373 g/mol. The smallest absolute Gasteiger partial charge is 0.325 e. The van der Waals surface area contributed by atoms with E-state index in [1.54, 1.807) is 18.2 Å². The van der Waals surface area contributed by atoms with E-state index in [9.17, 15) is 9.59 Å². The van der Waals surface area contributed by atoms with Gasteiger partial charge in [0.2, 0.25) is 5.91 Å². The second-order valence-electron chi connectivity index (χ2n) is 6.42. The molecule has 0 saturated heterocycles. The molecule has 150 valence electrons. The molecule has 0 heterocycles. The second kappa shape index (κ2) is 18.4. The van der Waals surface area contributed by atoms with E-state index in [2.05, 4.69) is 24.4 Å². The Morgan fingerprint density at radius 1 is 0.815 bits per heavy atom. The van der Waals surface area contributed by atoms with Crippen molar-refractivity contribution >= 4 is 11.9 Å². The van der Waals surface area contributed by atoms with Gasteiger partial charge in [0, 0.05) is 6.08 Å². The highest BCUT2D eigenvalue weighted by molar-refractivity contribution is 5.91. The second-order valence-corrected chi connectivity index (χ2v) is 6.42. The summed E-state index contributed by atoms with van der Waals surface area (Å²) in [6.45, 7) is 3.66. The Bertz CT molecular complexity index is 542. The minimum absolute atomic E-state index is 0.426. The van der Waals surface area contributed by atoms with Crippen LogP contribution < -0.4 is 5.32 Å². The molecular weight excluding hydrogens is 338 g/mol. The summed E-state index contributed by atoms with van der Waals surface area (Å²) in [7, 11) is 0. The molecule has 0 aromatic rings. The molecule has 0 saturated carbocycles. The summed E-state index contributed by atoms with van der Waals surface area (Å²) < 4.78 is 0. The first kappa shape index (κ1) is 24.6. The van der Waals surface area contributed by atoms with E-state index in [-0.39, 0.29) is 0 Å². The summed E-state index contributed by atoms with van der Waals surface area (Å²) in [4.78, 5) is 22.0. The third kappa shape index (κ3) is 18.2. The van der Waals surface area contributed by atoms with Crippen LogP contribution >= 0.6 is 0 Å². The lowest BCUT2D eigenvalue weighted by atomic mass is 10.1. The van der Waals surface area contributed by atoms with Crippen LogP contribution in [0.4, 0.5) is 0 Å². The fourth-order valence-electron chi connectivity index (χ4n) is 2.25. The highest BCUT2D eigenvalue weighted by Crippen LogP contribution is 2.08. The van der Waals surface area contributed by atoms with Gasteiger partial charge in [0.1, 0.15) is 6.04 Å². The Morgan fingerprint density at radius 3 is 1.93 bits per heavy atom. The Morgan fingerprint density at radius 2 is 1.33 bits per heavy atom. The number of aliphatic carboxylic acids is 1. The maximum Gasteiger partial charge on any atom is 0.325 e. The molecule has 0 radical (unpaired) electrons. The summed E-state index contributed by atoms with van der Waals surface area (Å²) in [5, 5.41) is 11.0. The molecule has 4 nitrogen and oxygen atoms in total. The molecule has 2 N–H and O–H groups in total. The van der Waals surface area contributed by atoms with Crippen molar-refractivity contribution in [3.05, 3.63) is 60.8 Å². The van der Waals surface area contributed by atoms with Gasteiger partial charge in [0.25, 0.3) is 0 Å². The summed E-state index contributed by atoms with van der Waals surface area (Å²) >= 11 is 0. The van der Waals surface area contributed by atoms with E-state index >= 15 is 0 Å². The Kier molecular flexibility index (Phi) is 16.8. The minimum Gasteiger partial charge on any atom is -0.480 e. The van der Waals surface area contributed by atoms with Crippen molar-refractivity contribution in [1.29, 1.82) is 0 Å². The largest absolute Gasteiger partial charge is 0.480 e. The first-order chi connectivity index (χ1) is 13.1. The molecule has 1 atom stereocenters. The van der Waals surface area contributed by atoms with Gasteiger partial charge in [-0.3, -0.25) is 9.59 Å². The van der Waals surface area contributed by atoms with Crippen molar-refractivity contribution in [3.63, 3.8) is 0 Å². The number of rotatable bonds is 15. The number of nitrogens with one attached hydrogen (secondary N) is 1. The zero-order valence-electron chi connectivity index (χ0n) is 16.8. The first-order valence-corrected chi connectivity index (χ1v) is 9.94. The number of unbranched alkanes of at least 4 members (excludes halogenated alkanes) is 7. The van der Waals surface area contributed by atoms with E-state index in [0.29, 0.717) is 0 Å². The van der Waals surface area contributed by atoms with Crippen molar-refractivity contribution in [3.8, 4) is 0 Å². The first-order valence-electron chi connectivity index (χ1n) is 9.94. The van der Waals surface area contributed by atoms with Crippen LogP contribution in [0.3, 0.4) is 0 Å². The van der Waals surface area contributed by atoms with E-state index < -0.39 is 17.9 Å². The van der Waals surface area contributed by atoms with Crippen LogP contribution in [0.1, 0.15) is 65.2 Å². The average molecular weight is 374 g/mol. The van der Waals surface area contributed by atoms with Crippen molar-refractivity contribution in [2.45, 2.75) is 71.3 Å². The standard InChI is InChI=1S/C23H35NO3/c1-3-4-5-6-7-8-9-10-11-12-13-14-15-16-17-18-19-20-22(25)24-21(2)23(26)27/h11-21H,3-10H2,1-2H3,(H,24,25)(H,26,27)/t21-/m1/s1. The molecule has 0 bridgehead atoms. The minimum atomic E-state index is -1.06. The number of amides is 1. The molecule has 4 heteroatoms. The molecule has 27 heavy (non-hydrogen) atoms. The summed E-state index contributed by atoms with van der Waals surface area (Å²) in [5.41, 5.74) is 0. The number of allylic oxidation sites excluding steroid dienone is 9. The highest BCUT2D eigenvalue weighted by Gasteiger charge is 2.11. The number of carbonyl (C=O) groups excluding carboxylic acids is 1. The lowest BCUT2D eigenvalue weighted by Gasteiger charge is -2.05. The van der Waals surface area contributed by atoms with Gasteiger partial charge in [0.05, 0.1) is 0 Å². The maximum atomic E-state index is 11.4. The number of hydrogen-bond donors (Lipinski definition) is 2. The van der Waals surface area contributed by atoms with E-state index in [4.69, 9.17) is 5.11 Å². The van der Waals surface area contributed by atoms with Crippen LogP contribution in [0.15, 0.2) is 60.8 Å². The molecule has 0 aromatic carbocycles. The molecule has 0 spiro atoms. The molecule has 0 unspecified atom stereocenters. The SMILES string of the molecule is CCCCCCCCCC=CC=CC=CC=CC=CC(=O)N[C@H](C)C(=O)O. The summed E-state index contributed by atoms with van der Waals surface area (Å²) in [5.74, 6) is -1.48. The van der Waals surface area contributed by atoms with Crippen LogP contribution in [-0.2, 0) is 9.59 Å². The zero-order valence-corrected chi connectivity index (χ0v) is 16.8. The van der Waals surface area contributed by atoms with Crippen LogP contribution in [0.25, 0.3) is 0 Å². The quantitative estimate of drug-likeness (QED) is 0.226. The third-order valence-corrected chi connectivity index (χ3v) is 3.86. The number of carbonyl (C=O) groups is 2. The molecule has 0 aliphatic heterocycles. The fourth-order valence-corrected chi connectivity index (χ4v) is 2.25. The number of carboxylic acids is 1. The van der Waals surface area contributed by atoms with Crippen molar-refractivity contribution < 1.29 is 14.7 Å². The topological polar surface area (TPSA) is 66.4 Å². The van der Waals surface area contributed by atoms with Crippen molar-refractivity contribution in [2.75, 3.05) is 0 Å². The van der Waals surface area contributed by atoms with Crippen LogP contribution in [0.2, 0.25) is 0 Å². The Hall–Kier alpha value is -2.36. The van der Waals surface area contributed by atoms with Gasteiger partial charge in [-0.25, -0.2) is 0 Å². The highest BCUT2D eigenvalue weighted by atomic mass is 16.4. The van der Waals surface area contributed by atoms with E-state index in [1.165, 1.54) is 57.9 Å². The molecule has 0 rings (SSSR count). The molecule has 0 aliphatic rings. The molecule has 1 amide bonds. The maximum absolute atomic E-state index is 11.4. The fraction of sp³-hybridized carbons (Fsp3) is 0.478. The van der Waals surface area contributed by atoms with Crippen LogP contribution in [0, 0.1) is 0 Å². The molecule has 0 aliphatic carbocycles. The summed E-state index contributed by atoms with van der Waals surface area (Å²) in [6.07, 6.45) is 28.9. The van der Waals surface area contributed by atoms with Crippen LogP contribution in [0.5, 0.6) is 0 Å². The molecule has 0 fully saturated rings. The predicted octanol–water partition coefficient (Wildman–Crippen LogP) is 5.50. The van der Waals surface area contributed by atoms with Gasteiger partial charge in [-0.15, -0.1) is 0 Å². The van der Waals surface area contributed by atoms with Crippen molar-refractivity contribution in [1.82, 2.24) is 5.32 Å². The van der Waals surface area contributed by atoms with E-state index in [1.807, 2.05) is 24.3 Å². The number of carboxylic acid groups (broad SMARTS) is 1. The van der Waals surface area contributed by atoms with Gasteiger partial charge in [-0.1, -0.05) is 100 Å². The van der Waals surface area contributed by atoms with Crippen LogP contribution in [-0.4, -0.2) is 23.0 Å². The Labute approximate surface area is 164 Å².